The number of pyridine rings is 1. The van der Waals surface area contributed by atoms with Crippen LogP contribution in [0.25, 0.3) is 10.8 Å². The van der Waals surface area contributed by atoms with E-state index in [1.165, 1.54) is 6.07 Å². The first kappa shape index (κ1) is 21.3. The number of aromatic nitrogens is 1. The molecule has 1 N–H and O–H groups in total. The molecule has 9 nitrogen and oxygen atoms in total. The van der Waals surface area contributed by atoms with E-state index in [1.807, 2.05) is 25.1 Å². The standard InChI is InChI=1S/C23H23N5O4/c1-14-19(12-24)17-10-21(31-2)22(32-3)11-18(17)23(26-14)27-8-7-25-20(13-27)15-5-4-6-16(9-15)28(29)30/h4-6,9-11,20,25H,7-8,13H2,1-3H3. The molecular weight excluding hydrogens is 410 g/mol. The minimum atomic E-state index is -0.386. The number of nitrogens with one attached hydrogen (secondary N) is 1. The lowest BCUT2D eigenvalue weighted by atomic mass is 10.0. The summed E-state index contributed by atoms with van der Waals surface area (Å²) in [4.78, 5) is 17.7. The molecule has 0 saturated carbocycles. The highest BCUT2D eigenvalue weighted by Gasteiger charge is 2.26. The van der Waals surface area contributed by atoms with Crippen molar-refractivity contribution in [3.05, 3.63) is 63.3 Å². The van der Waals surface area contributed by atoms with Crippen LogP contribution in [0.3, 0.4) is 0 Å². The van der Waals surface area contributed by atoms with Crippen molar-refractivity contribution in [1.82, 2.24) is 10.3 Å². The molecule has 164 valence electrons. The quantitative estimate of drug-likeness (QED) is 0.480. The van der Waals surface area contributed by atoms with E-state index in [4.69, 9.17) is 14.5 Å². The van der Waals surface area contributed by atoms with E-state index in [9.17, 15) is 15.4 Å². The first-order valence-corrected chi connectivity index (χ1v) is 10.2. The Labute approximate surface area is 185 Å². The van der Waals surface area contributed by atoms with E-state index in [0.29, 0.717) is 42.4 Å². The number of non-ortho nitro benzene ring substituents is 1. The zero-order valence-corrected chi connectivity index (χ0v) is 18.1. The van der Waals surface area contributed by atoms with E-state index in [1.54, 1.807) is 26.4 Å². The predicted molar refractivity (Wildman–Crippen MR) is 120 cm³/mol. The van der Waals surface area contributed by atoms with Crippen molar-refractivity contribution in [2.45, 2.75) is 13.0 Å². The van der Waals surface area contributed by atoms with Gasteiger partial charge < -0.3 is 19.7 Å². The van der Waals surface area contributed by atoms with Crippen LogP contribution in [0.2, 0.25) is 0 Å². The van der Waals surface area contributed by atoms with Crippen LogP contribution in [0.15, 0.2) is 36.4 Å². The monoisotopic (exact) mass is 433 g/mol. The number of rotatable bonds is 5. The molecule has 32 heavy (non-hydrogen) atoms. The molecule has 1 unspecified atom stereocenters. The van der Waals surface area contributed by atoms with Gasteiger partial charge in [0, 0.05) is 42.5 Å². The number of hydrogen-bond donors (Lipinski definition) is 1. The number of ether oxygens (including phenoxy) is 2. The molecule has 1 aliphatic rings. The molecule has 2 heterocycles. The number of nitro benzene ring substituents is 1. The lowest BCUT2D eigenvalue weighted by Crippen LogP contribution is -2.46. The van der Waals surface area contributed by atoms with Crippen molar-refractivity contribution in [2.24, 2.45) is 0 Å². The van der Waals surface area contributed by atoms with Crippen molar-refractivity contribution < 1.29 is 14.4 Å². The molecule has 1 atom stereocenters. The van der Waals surface area contributed by atoms with Gasteiger partial charge in [0.25, 0.3) is 5.69 Å². The van der Waals surface area contributed by atoms with Gasteiger partial charge in [-0.2, -0.15) is 5.26 Å². The molecule has 1 fully saturated rings. The van der Waals surface area contributed by atoms with Gasteiger partial charge in [0.2, 0.25) is 0 Å². The van der Waals surface area contributed by atoms with E-state index >= 15 is 0 Å². The van der Waals surface area contributed by atoms with Gasteiger partial charge in [0.05, 0.1) is 36.4 Å². The molecule has 1 aliphatic heterocycles. The summed E-state index contributed by atoms with van der Waals surface area (Å²) in [5.41, 5.74) is 2.04. The third kappa shape index (κ3) is 3.76. The van der Waals surface area contributed by atoms with Gasteiger partial charge in [-0.1, -0.05) is 12.1 Å². The third-order valence-corrected chi connectivity index (χ3v) is 5.74. The Morgan fingerprint density at radius 2 is 1.94 bits per heavy atom. The second-order valence-corrected chi connectivity index (χ2v) is 7.57. The van der Waals surface area contributed by atoms with Crippen molar-refractivity contribution in [3.63, 3.8) is 0 Å². The lowest BCUT2D eigenvalue weighted by molar-refractivity contribution is -0.384. The van der Waals surface area contributed by atoms with Crippen LogP contribution in [0, 0.1) is 28.4 Å². The smallest absolute Gasteiger partial charge is 0.269 e. The lowest BCUT2D eigenvalue weighted by Gasteiger charge is -2.35. The number of nitrogens with zero attached hydrogens (tertiary/aromatic N) is 4. The fraction of sp³-hybridized carbons (Fsp3) is 0.304. The molecule has 0 radical (unpaired) electrons. The van der Waals surface area contributed by atoms with E-state index < -0.39 is 0 Å². The molecule has 9 heteroatoms. The van der Waals surface area contributed by atoms with Crippen LogP contribution < -0.4 is 19.7 Å². The van der Waals surface area contributed by atoms with Crippen LogP contribution in [0.4, 0.5) is 11.5 Å². The Bertz CT molecular complexity index is 1240. The van der Waals surface area contributed by atoms with Crippen LogP contribution in [-0.4, -0.2) is 43.8 Å². The summed E-state index contributed by atoms with van der Waals surface area (Å²) in [5, 5.41) is 25.9. The number of nitriles is 1. The Hall–Kier alpha value is -3.90. The fourth-order valence-electron chi connectivity index (χ4n) is 4.14. The van der Waals surface area contributed by atoms with Gasteiger partial charge >= 0.3 is 0 Å². The average Bonchev–Trinajstić information content (AvgIpc) is 2.82. The zero-order valence-electron chi connectivity index (χ0n) is 18.1. The number of hydrogen-bond acceptors (Lipinski definition) is 8. The number of aryl methyl sites for hydroxylation is 1. The Kier molecular flexibility index (Phi) is 5.79. The van der Waals surface area contributed by atoms with Gasteiger partial charge in [0.1, 0.15) is 11.9 Å². The maximum atomic E-state index is 11.2. The van der Waals surface area contributed by atoms with Gasteiger partial charge in [-0.15, -0.1) is 0 Å². The van der Waals surface area contributed by atoms with Crippen LogP contribution >= 0.6 is 0 Å². The molecule has 0 spiro atoms. The summed E-state index contributed by atoms with van der Waals surface area (Å²) >= 11 is 0. The molecule has 1 saturated heterocycles. The number of benzene rings is 2. The highest BCUT2D eigenvalue weighted by molar-refractivity contribution is 5.98. The number of anilines is 1. The first-order chi connectivity index (χ1) is 15.5. The topological polar surface area (TPSA) is 114 Å². The minimum Gasteiger partial charge on any atom is -0.493 e. The van der Waals surface area contributed by atoms with Crippen LogP contribution in [0.1, 0.15) is 22.9 Å². The van der Waals surface area contributed by atoms with Gasteiger partial charge in [-0.05, 0) is 24.6 Å². The highest BCUT2D eigenvalue weighted by atomic mass is 16.6. The van der Waals surface area contributed by atoms with Gasteiger partial charge in [0.15, 0.2) is 11.5 Å². The molecule has 3 aromatic rings. The normalized spacial score (nSPS) is 15.9. The summed E-state index contributed by atoms with van der Waals surface area (Å²) in [5.74, 6) is 1.85. The molecule has 1 aromatic heterocycles. The predicted octanol–water partition coefficient (Wildman–Crippen LogP) is 3.49. The fourth-order valence-corrected chi connectivity index (χ4v) is 4.14. The summed E-state index contributed by atoms with van der Waals surface area (Å²) in [6, 6.07) is 12.5. The highest BCUT2D eigenvalue weighted by Crippen LogP contribution is 2.39. The second kappa shape index (κ2) is 8.69. The summed E-state index contributed by atoms with van der Waals surface area (Å²) < 4.78 is 10.9. The molecule has 4 rings (SSSR count). The van der Waals surface area contributed by atoms with Gasteiger partial charge in [-0.3, -0.25) is 10.1 Å². The van der Waals surface area contributed by atoms with Gasteiger partial charge in [-0.25, -0.2) is 4.98 Å². The maximum absolute atomic E-state index is 11.2. The van der Waals surface area contributed by atoms with E-state index in [0.717, 1.165) is 22.2 Å². The van der Waals surface area contributed by atoms with Crippen molar-refractivity contribution >= 4 is 22.3 Å². The van der Waals surface area contributed by atoms with E-state index in [2.05, 4.69) is 16.3 Å². The summed E-state index contributed by atoms with van der Waals surface area (Å²) in [7, 11) is 3.13. The third-order valence-electron chi connectivity index (χ3n) is 5.74. The average molecular weight is 433 g/mol. The Morgan fingerprint density at radius 3 is 2.59 bits per heavy atom. The number of nitro groups is 1. The second-order valence-electron chi connectivity index (χ2n) is 7.57. The van der Waals surface area contributed by atoms with Crippen LogP contribution in [-0.2, 0) is 0 Å². The first-order valence-electron chi connectivity index (χ1n) is 10.2. The van der Waals surface area contributed by atoms with Crippen molar-refractivity contribution in [2.75, 3.05) is 38.8 Å². The molecule has 0 bridgehead atoms. The Balaban J connectivity index is 1.79. The summed E-state index contributed by atoms with van der Waals surface area (Å²) in [6.45, 7) is 3.78. The van der Waals surface area contributed by atoms with E-state index in [-0.39, 0.29) is 16.7 Å². The van der Waals surface area contributed by atoms with Crippen molar-refractivity contribution in [3.8, 4) is 17.6 Å². The zero-order chi connectivity index (χ0) is 22.8. The maximum Gasteiger partial charge on any atom is 0.269 e. The molecular formula is C23H23N5O4. The SMILES string of the molecule is COc1cc2c(N3CCNC(c4cccc([N+](=O)[O-])c4)C3)nc(C)c(C#N)c2cc1OC. The molecule has 0 amide bonds. The number of piperazine rings is 1. The number of methoxy groups -OCH3 is 2. The largest absolute Gasteiger partial charge is 0.493 e. The number of fused-ring (bicyclic) bond motifs is 1. The minimum absolute atomic E-state index is 0.0658. The Morgan fingerprint density at radius 1 is 1.22 bits per heavy atom. The molecule has 2 aromatic carbocycles. The van der Waals surface area contributed by atoms with Crippen LogP contribution in [0.5, 0.6) is 11.5 Å². The molecule has 0 aliphatic carbocycles. The van der Waals surface area contributed by atoms with Crippen molar-refractivity contribution in [1.29, 1.82) is 5.26 Å². The summed E-state index contributed by atoms with van der Waals surface area (Å²) in [6.07, 6.45) is 0.